The predicted molar refractivity (Wildman–Crippen MR) is 106 cm³/mol. The lowest BCUT2D eigenvalue weighted by Gasteiger charge is -2.06. The quantitative estimate of drug-likeness (QED) is 0.388. The second-order valence-corrected chi connectivity index (χ2v) is 6.40. The number of rotatable bonds is 3. The highest BCUT2D eigenvalue weighted by Crippen LogP contribution is 2.27. The number of phenolic OH excluding ortho intramolecular Hbond substituents is 1. The van der Waals surface area contributed by atoms with Gasteiger partial charge in [-0.2, -0.15) is 14.9 Å². The molecule has 7 heteroatoms. The largest absolute Gasteiger partial charge is 0.507 e. The van der Waals surface area contributed by atoms with E-state index in [-0.39, 0.29) is 5.75 Å². The van der Waals surface area contributed by atoms with Crippen molar-refractivity contribution >= 4 is 40.8 Å². The van der Waals surface area contributed by atoms with Gasteiger partial charge in [-0.05, 0) is 41.2 Å². The van der Waals surface area contributed by atoms with Crippen molar-refractivity contribution in [1.29, 1.82) is 0 Å². The van der Waals surface area contributed by atoms with Gasteiger partial charge < -0.3 is 5.11 Å². The molecule has 0 fully saturated rings. The fraction of sp³-hybridized carbons (Fsp3) is 0. The Morgan fingerprint density at radius 3 is 2.69 bits per heavy atom. The van der Waals surface area contributed by atoms with Crippen molar-refractivity contribution in [3.63, 3.8) is 0 Å². The summed E-state index contributed by atoms with van der Waals surface area (Å²) in [6.45, 7) is 0. The molecule has 5 nitrogen and oxygen atoms in total. The highest BCUT2D eigenvalue weighted by Gasteiger charge is 2.12. The van der Waals surface area contributed by atoms with Gasteiger partial charge in [-0.1, -0.05) is 54.1 Å². The van der Waals surface area contributed by atoms with Crippen LogP contribution in [0.15, 0.2) is 65.8 Å². The number of aromatic amines is 1. The lowest BCUT2D eigenvalue weighted by atomic mass is 10.0. The molecule has 0 radical (unpaired) electrons. The van der Waals surface area contributed by atoms with Crippen LogP contribution in [0.3, 0.4) is 0 Å². The second-order valence-electron chi connectivity index (χ2n) is 5.61. The molecule has 0 atom stereocenters. The van der Waals surface area contributed by atoms with Crippen molar-refractivity contribution in [2.45, 2.75) is 0 Å². The minimum Gasteiger partial charge on any atom is -0.507 e. The van der Waals surface area contributed by atoms with Gasteiger partial charge in [0.25, 0.3) is 0 Å². The number of halogens is 1. The van der Waals surface area contributed by atoms with Crippen LogP contribution in [0.1, 0.15) is 5.56 Å². The first-order chi connectivity index (χ1) is 12.6. The molecular weight excluding hydrogens is 368 g/mol. The van der Waals surface area contributed by atoms with Gasteiger partial charge in [0.05, 0.1) is 11.2 Å². The standard InChI is InChI=1S/C19H13ClN4OS/c20-16-8-4-3-7-14(16)18-22-23-19(26)24(18)21-11-15-13-6-2-1-5-12(13)9-10-17(15)25/h1-11,25H,(H,23,26)/b21-11+. The van der Waals surface area contributed by atoms with E-state index in [1.165, 1.54) is 4.68 Å². The maximum absolute atomic E-state index is 10.3. The van der Waals surface area contributed by atoms with Crippen LogP contribution < -0.4 is 0 Å². The van der Waals surface area contributed by atoms with Crippen molar-refractivity contribution in [2.24, 2.45) is 5.10 Å². The third-order valence-corrected chi connectivity index (χ3v) is 4.61. The Labute approximate surface area is 159 Å². The van der Waals surface area contributed by atoms with E-state index in [2.05, 4.69) is 15.3 Å². The van der Waals surface area contributed by atoms with E-state index in [0.717, 1.165) is 10.8 Å². The first kappa shape index (κ1) is 16.5. The van der Waals surface area contributed by atoms with Crippen LogP contribution in [0, 0.1) is 4.77 Å². The van der Waals surface area contributed by atoms with Crippen LogP contribution in [0.5, 0.6) is 5.75 Å². The number of aromatic nitrogens is 3. The first-order valence-electron chi connectivity index (χ1n) is 7.82. The molecule has 4 aromatic rings. The summed E-state index contributed by atoms with van der Waals surface area (Å²) in [7, 11) is 0. The number of aromatic hydroxyl groups is 1. The highest BCUT2D eigenvalue weighted by atomic mass is 35.5. The minimum absolute atomic E-state index is 0.141. The monoisotopic (exact) mass is 380 g/mol. The number of hydrogen-bond donors (Lipinski definition) is 2. The number of nitrogens with zero attached hydrogens (tertiary/aromatic N) is 3. The Morgan fingerprint density at radius 2 is 1.85 bits per heavy atom. The first-order valence-corrected chi connectivity index (χ1v) is 8.61. The minimum atomic E-state index is 0.141. The zero-order valence-corrected chi connectivity index (χ0v) is 15.0. The van der Waals surface area contributed by atoms with Crippen LogP contribution in [0.2, 0.25) is 5.02 Å². The smallest absolute Gasteiger partial charge is 0.216 e. The van der Waals surface area contributed by atoms with E-state index in [9.17, 15) is 5.11 Å². The molecule has 0 saturated heterocycles. The van der Waals surface area contributed by atoms with Crippen molar-refractivity contribution in [2.75, 3.05) is 0 Å². The summed E-state index contributed by atoms with van der Waals surface area (Å²) in [5.41, 5.74) is 1.32. The summed E-state index contributed by atoms with van der Waals surface area (Å²) in [6, 6.07) is 18.6. The van der Waals surface area contributed by atoms with Gasteiger partial charge in [0, 0.05) is 11.1 Å². The third-order valence-electron chi connectivity index (χ3n) is 4.02. The number of hydrogen-bond acceptors (Lipinski definition) is 4. The molecule has 0 aliphatic heterocycles. The number of phenols is 1. The van der Waals surface area contributed by atoms with E-state index in [0.29, 0.717) is 26.7 Å². The Bertz CT molecular complexity index is 1200. The van der Waals surface area contributed by atoms with E-state index in [1.54, 1.807) is 18.3 Å². The van der Waals surface area contributed by atoms with E-state index < -0.39 is 0 Å². The normalized spacial score (nSPS) is 11.4. The lowest BCUT2D eigenvalue weighted by molar-refractivity contribution is 0.475. The second kappa shape index (κ2) is 6.74. The van der Waals surface area contributed by atoms with E-state index >= 15 is 0 Å². The summed E-state index contributed by atoms with van der Waals surface area (Å²) in [4.78, 5) is 0. The number of nitrogens with one attached hydrogen (secondary N) is 1. The maximum Gasteiger partial charge on any atom is 0.216 e. The van der Waals surface area contributed by atoms with Crippen LogP contribution >= 0.6 is 23.8 Å². The molecule has 0 bridgehead atoms. The zero-order chi connectivity index (χ0) is 18.1. The summed E-state index contributed by atoms with van der Waals surface area (Å²) < 4.78 is 1.81. The topological polar surface area (TPSA) is 66.2 Å². The summed E-state index contributed by atoms with van der Waals surface area (Å²) in [5, 5.41) is 24.1. The van der Waals surface area contributed by atoms with Crippen LogP contribution in [0.25, 0.3) is 22.2 Å². The van der Waals surface area contributed by atoms with Gasteiger partial charge >= 0.3 is 0 Å². The molecule has 0 unspecified atom stereocenters. The third kappa shape index (κ3) is 2.89. The van der Waals surface area contributed by atoms with Gasteiger partial charge in [0.1, 0.15) is 5.75 Å². The average molecular weight is 381 g/mol. The fourth-order valence-electron chi connectivity index (χ4n) is 2.75. The summed E-state index contributed by atoms with van der Waals surface area (Å²) in [5.74, 6) is 0.637. The van der Waals surface area contributed by atoms with Gasteiger partial charge in [-0.25, -0.2) is 5.10 Å². The van der Waals surface area contributed by atoms with E-state index in [4.69, 9.17) is 23.8 Å². The van der Waals surface area contributed by atoms with Gasteiger partial charge in [-0.15, -0.1) is 0 Å². The molecule has 26 heavy (non-hydrogen) atoms. The highest BCUT2D eigenvalue weighted by molar-refractivity contribution is 7.71. The maximum atomic E-state index is 10.3. The molecule has 1 aromatic heterocycles. The lowest BCUT2D eigenvalue weighted by Crippen LogP contribution is -1.96. The molecule has 4 rings (SSSR count). The molecule has 0 aliphatic rings. The molecule has 0 amide bonds. The molecular formula is C19H13ClN4OS. The van der Waals surface area contributed by atoms with Crippen molar-refractivity contribution in [3.8, 4) is 17.1 Å². The molecule has 0 saturated carbocycles. The number of H-pyrrole nitrogens is 1. The predicted octanol–water partition coefficient (Wildman–Crippen LogP) is 5.00. The zero-order valence-electron chi connectivity index (χ0n) is 13.4. The fourth-order valence-corrected chi connectivity index (χ4v) is 3.15. The molecule has 0 spiro atoms. The summed E-state index contributed by atoms with van der Waals surface area (Å²) >= 11 is 11.6. The van der Waals surface area contributed by atoms with Crippen LogP contribution in [-0.2, 0) is 0 Å². The van der Waals surface area contributed by atoms with Gasteiger partial charge in [0.15, 0.2) is 5.82 Å². The van der Waals surface area contributed by atoms with Crippen molar-refractivity contribution in [3.05, 3.63) is 76.0 Å². The SMILES string of the molecule is Oc1ccc2ccccc2c1/C=N/n1c(-c2ccccc2Cl)n[nH]c1=S. The number of benzene rings is 3. The Hall–Kier alpha value is -2.96. The average Bonchev–Trinajstić information content (AvgIpc) is 3.02. The van der Waals surface area contributed by atoms with Crippen molar-refractivity contribution < 1.29 is 5.11 Å². The summed E-state index contributed by atoms with van der Waals surface area (Å²) in [6.07, 6.45) is 1.57. The van der Waals surface area contributed by atoms with Crippen LogP contribution in [-0.4, -0.2) is 26.2 Å². The molecule has 3 aromatic carbocycles. The molecule has 128 valence electrons. The van der Waals surface area contributed by atoms with Gasteiger partial charge in [0.2, 0.25) is 4.77 Å². The molecule has 2 N–H and O–H groups in total. The van der Waals surface area contributed by atoms with E-state index in [1.807, 2.05) is 48.5 Å². The molecule has 0 aliphatic carbocycles. The molecule has 1 heterocycles. The Balaban J connectivity index is 1.85. The Morgan fingerprint density at radius 1 is 1.08 bits per heavy atom. The van der Waals surface area contributed by atoms with Crippen molar-refractivity contribution in [1.82, 2.24) is 14.9 Å². The number of fused-ring (bicyclic) bond motifs is 1. The van der Waals surface area contributed by atoms with Crippen LogP contribution in [0.4, 0.5) is 0 Å². The van der Waals surface area contributed by atoms with Gasteiger partial charge in [-0.3, -0.25) is 0 Å². The Kier molecular flexibility index (Phi) is 4.28.